The molecule has 1 aromatic carbocycles. The van der Waals surface area contributed by atoms with E-state index in [0.717, 1.165) is 12.8 Å². The van der Waals surface area contributed by atoms with Crippen LogP contribution in [0.3, 0.4) is 0 Å². The third-order valence-electron chi connectivity index (χ3n) is 3.50. The van der Waals surface area contributed by atoms with E-state index in [9.17, 15) is 13.6 Å². The Kier molecular flexibility index (Phi) is 5.07. The van der Waals surface area contributed by atoms with Crippen molar-refractivity contribution in [3.63, 3.8) is 0 Å². The summed E-state index contributed by atoms with van der Waals surface area (Å²) in [6.45, 7) is 0. The fourth-order valence-electron chi connectivity index (χ4n) is 2.00. The molecule has 0 bridgehead atoms. The molecule has 20 heavy (non-hydrogen) atoms. The lowest BCUT2D eigenvalue weighted by Gasteiger charge is -2.13. The standard InChI is InChI=1S/C14H15BrF2O2S/c1-19-12(18)6-14(4-5-14)8-20-7-9-11(16)3-2-10(15)13(9)17/h2-3H,4-8H2,1H3. The molecule has 1 aromatic rings. The largest absolute Gasteiger partial charge is 0.469 e. The molecule has 0 aromatic heterocycles. The third kappa shape index (κ3) is 3.73. The van der Waals surface area contributed by atoms with Crippen LogP contribution in [-0.2, 0) is 15.3 Å². The second-order valence-corrected chi connectivity index (χ2v) is 6.91. The van der Waals surface area contributed by atoms with Crippen molar-refractivity contribution in [2.45, 2.75) is 25.0 Å². The smallest absolute Gasteiger partial charge is 0.306 e. The van der Waals surface area contributed by atoms with Gasteiger partial charge in [-0.2, -0.15) is 11.8 Å². The number of carbonyl (C=O) groups is 1. The number of methoxy groups -OCH3 is 1. The van der Waals surface area contributed by atoms with Crippen LogP contribution in [0.15, 0.2) is 16.6 Å². The predicted molar refractivity (Wildman–Crippen MR) is 78.5 cm³/mol. The van der Waals surface area contributed by atoms with Crippen LogP contribution < -0.4 is 0 Å². The van der Waals surface area contributed by atoms with Crippen molar-refractivity contribution >= 4 is 33.7 Å². The number of benzene rings is 1. The summed E-state index contributed by atoms with van der Waals surface area (Å²) in [5.41, 5.74) is 0.0507. The molecule has 6 heteroatoms. The Balaban J connectivity index is 1.91. The molecule has 1 aliphatic carbocycles. The minimum atomic E-state index is -0.546. The lowest BCUT2D eigenvalue weighted by Crippen LogP contribution is -2.13. The van der Waals surface area contributed by atoms with Crippen molar-refractivity contribution in [1.29, 1.82) is 0 Å². The summed E-state index contributed by atoms with van der Waals surface area (Å²) >= 11 is 4.51. The van der Waals surface area contributed by atoms with Gasteiger partial charge in [-0.1, -0.05) is 0 Å². The van der Waals surface area contributed by atoms with Crippen LogP contribution in [0, 0.1) is 17.0 Å². The van der Waals surface area contributed by atoms with Gasteiger partial charge in [0.15, 0.2) is 0 Å². The van der Waals surface area contributed by atoms with Gasteiger partial charge in [-0.15, -0.1) is 0 Å². The monoisotopic (exact) mass is 364 g/mol. The minimum Gasteiger partial charge on any atom is -0.469 e. The average Bonchev–Trinajstić information content (AvgIpc) is 3.18. The number of esters is 1. The number of halogens is 3. The Morgan fingerprint density at radius 3 is 2.75 bits per heavy atom. The maximum absolute atomic E-state index is 13.8. The first-order valence-corrected chi connectivity index (χ1v) is 8.19. The van der Waals surface area contributed by atoms with Crippen molar-refractivity contribution in [1.82, 2.24) is 0 Å². The Bertz CT molecular complexity index is 518. The summed E-state index contributed by atoms with van der Waals surface area (Å²) in [5.74, 6) is -0.317. The molecule has 2 nitrogen and oxygen atoms in total. The first-order chi connectivity index (χ1) is 9.47. The van der Waals surface area contributed by atoms with Crippen molar-refractivity contribution in [2.75, 3.05) is 12.9 Å². The molecular formula is C14H15BrF2O2S. The van der Waals surface area contributed by atoms with Gasteiger partial charge in [0.2, 0.25) is 0 Å². The predicted octanol–water partition coefficient (Wildman–Crippen LogP) is 4.30. The van der Waals surface area contributed by atoms with Gasteiger partial charge in [-0.25, -0.2) is 8.78 Å². The number of hydrogen-bond donors (Lipinski definition) is 0. The van der Waals surface area contributed by atoms with E-state index in [1.54, 1.807) is 0 Å². The highest BCUT2D eigenvalue weighted by molar-refractivity contribution is 9.10. The topological polar surface area (TPSA) is 26.3 Å². The summed E-state index contributed by atoms with van der Waals surface area (Å²) in [6, 6.07) is 2.61. The summed E-state index contributed by atoms with van der Waals surface area (Å²) in [4.78, 5) is 11.3. The number of carbonyl (C=O) groups excluding carboxylic acids is 1. The van der Waals surface area contributed by atoms with Gasteiger partial charge in [-0.3, -0.25) is 4.79 Å². The fourth-order valence-corrected chi connectivity index (χ4v) is 3.76. The zero-order valence-electron chi connectivity index (χ0n) is 11.0. The van der Waals surface area contributed by atoms with E-state index >= 15 is 0 Å². The zero-order valence-corrected chi connectivity index (χ0v) is 13.5. The highest BCUT2D eigenvalue weighted by Gasteiger charge is 2.44. The zero-order chi connectivity index (χ0) is 14.8. The number of hydrogen-bond acceptors (Lipinski definition) is 3. The molecule has 110 valence electrons. The number of rotatable bonds is 6. The van der Waals surface area contributed by atoms with E-state index < -0.39 is 11.6 Å². The Labute approximate surface area is 129 Å². The first kappa shape index (κ1) is 15.8. The van der Waals surface area contributed by atoms with Gasteiger partial charge < -0.3 is 4.74 Å². The summed E-state index contributed by atoms with van der Waals surface area (Å²) < 4.78 is 32.3. The highest BCUT2D eigenvalue weighted by atomic mass is 79.9. The lowest BCUT2D eigenvalue weighted by atomic mass is 10.1. The van der Waals surface area contributed by atoms with Crippen molar-refractivity contribution in [3.05, 3.63) is 33.8 Å². The maximum atomic E-state index is 13.8. The van der Waals surface area contributed by atoms with E-state index in [1.165, 1.54) is 31.0 Å². The van der Waals surface area contributed by atoms with Gasteiger partial charge in [0, 0.05) is 11.3 Å². The molecule has 1 saturated carbocycles. The average molecular weight is 365 g/mol. The van der Waals surface area contributed by atoms with Crippen LogP contribution in [0.4, 0.5) is 8.78 Å². The molecule has 0 atom stereocenters. The quantitative estimate of drug-likeness (QED) is 0.555. The van der Waals surface area contributed by atoms with Crippen molar-refractivity contribution < 1.29 is 18.3 Å². The van der Waals surface area contributed by atoms with Crippen LogP contribution in [0.25, 0.3) is 0 Å². The van der Waals surface area contributed by atoms with Gasteiger partial charge in [0.25, 0.3) is 0 Å². The molecule has 0 N–H and O–H groups in total. The third-order valence-corrected chi connectivity index (χ3v) is 5.42. The summed E-state index contributed by atoms with van der Waals surface area (Å²) in [6.07, 6.45) is 2.33. The molecule has 0 spiro atoms. The minimum absolute atomic E-state index is 0.0310. The van der Waals surface area contributed by atoms with Crippen molar-refractivity contribution in [3.8, 4) is 0 Å². The Hall–Kier alpha value is -0.620. The molecule has 2 rings (SSSR count). The van der Waals surface area contributed by atoms with Crippen LogP contribution in [0.2, 0.25) is 0 Å². The van der Waals surface area contributed by atoms with Crippen LogP contribution in [-0.4, -0.2) is 18.8 Å². The summed E-state index contributed by atoms with van der Waals surface area (Å²) in [7, 11) is 1.37. The van der Waals surface area contributed by atoms with Crippen LogP contribution in [0.1, 0.15) is 24.8 Å². The van der Waals surface area contributed by atoms with Gasteiger partial charge in [0.05, 0.1) is 18.0 Å². The van der Waals surface area contributed by atoms with E-state index in [2.05, 4.69) is 20.7 Å². The fraction of sp³-hybridized carbons (Fsp3) is 0.500. The second kappa shape index (κ2) is 6.43. The second-order valence-electron chi connectivity index (χ2n) is 5.07. The highest BCUT2D eigenvalue weighted by Crippen LogP contribution is 2.51. The number of thioether (sulfide) groups is 1. The summed E-state index contributed by atoms with van der Waals surface area (Å²) in [5, 5.41) is 0. The SMILES string of the molecule is COC(=O)CC1(CSCc2c(F)ccc(Br)c2F)CC1. The van der Waals surface area contributed by atoms with Crippen molar-refractivity contribution in [2.24, 2.45) is 5.41 Å². The molecule has 0 aliphatic heterocycles. The lowest BCUT2D eigenvalue weighted by molar-refractivity contribution is -0.141. The van der Waals surface area contributed by atoms with Gasteiger partial charge >= 0.3 is 5.97 Å². The maximum Gasteiger partial charge on any atom is 0.306 e. The molecule has 0 amide bonds. The van der Waals surface area contributed by atoms with E-state index in [4.69, 9.17) is 0 Å². The Morgan fingerprint density at radius 2 is 2.15 bits per heavy atom. The van der Waals surface area contributed by atoms with Crippen LogP contribution in [0.5, 0.6) is 0 Å². The van der Waals surface area contributed by atoms with Crippen LogP contribution >= 0.6 is 27.7 Å². The normalized spacial score (nSPS) is 16.0. The molecule has 0 heterocycles. The first-order valence-electron chi connectivity index (χ1n) is 6.24. The van der Waals surface area contributed by atoms with E-state index in [-0.39, 0.29) is 27.2 Å². The Morgan fingerprint density at radius 1 is 1.45 bits per heavy atom. The van der Waals surface area contributed by atoms with Gasteiger partial charge in [0.1, 0.15) is 11.6 Å². The van der Waals surface area contributed by atoms with E-state index in [1.807, 2.05) is 0 Å². The molecule has 0 radical (unpaired) electrons. The molecule has 0 unspecified atom stereocenters. The van der Waals surface area contributed by atoms with Gasteiger partial charge in [-0.05, 0) is 52.1 Å². The van der Waals surface area contributed by atoms with E-state index in [0.29, 0.717) is 12.2 Å². The molecular weight excluding hydrogens is 350 g/mol. The molecule has 1 aliphatic rings. The molecule has 1 fully saturated rings. The molecule has 0 saturated heterocycles. The number of ether oxygens (including phenoxy) is 1.